The van der Waals surface area contributed by atoms with Crippen LogP contribution in [0.15, 0.2) is 0 Å². The fourth-order valence-electron chi connectivity index (χ4n) is 1.52. The minimum Gasteiger partial charge on any atom is -0.396 e. The molecule has 1 atom stereocenters. The summed E-state index contributed by atoms with van der Waals surface area (Å²) >= 11 is 0. The molecule has 1 unspecified atom stereocenters. The molecule has 1 saturated heterocycles. The van der Waals surface area contributed by atoms with Gasteiger partial charge in [-0.05, 0) is 19.4 Å². The predicted octanol–water partition coefficient (Wildman–Crippen LogP) is -1.05. The number of ether oxygens (including phenoxy) is 1. The summed E-state index contributed by atoms with van der Waals surface area (Å²) in [5, 5.41) is 8.62. The maximum Gasteiger partial charge on any atom is 0.247 e. The molecule has 0 bridgehead atoms. The van der Waals surface area contributed by atoms with E-state index in [1.165, 1.54) is 0 Å². The Balaban J connectivity index is 2.22. The molecule has 0 aromatic carbocycles. The van der Waals surface area contributed by atoms with Crippen LogP contribution in [0.2, 0.25) is 0 Å². The van der Waals surface area contributed by atoms with E-state index >= 15 is 0 Å². The van der Waals surface area contributed by atoms with Crippen LogP contribution >= 0.6 is 0 Å². The molecule has 0 aromatic rings. The third-order valence-corrected chi connectivity index (χ3v) is 2.35. The molecular weight excluding hydrogens is 184 g/mol. The molecule has 0 saturated carbocycles. The summed E-state index contributed by atoms with van der Waals surface area (Å²) in [6, 6.07) is 0. The summed E-state index contributed by atoms with van der Waals surface area (Å²) < 4.78 is 5.21. The molecule has 1 fully saturated rings. The first-order valence-electron chi connectivity index (χ1n) is 4.98. The number of unbranched alkanes of at least 4 members (excludes halogenated alkanes) is 1. The highest BCUT2D eigenvalue weighted by Gasteiger charge is 2.23. The zero-order chi connectivity index (χ0) is 10.4. The molecule has 1 rings (SSSR count). The van der Waals surface area contributed by atoms with Gasteiger partial charge < -0.3 is 15.6 Å². The van der Waals surface area contributed by atoms with Crippen molar-refractivity contribution in [2.75, 3.05) is 32.8 Å². The number of hydrogen-bond acceptors (Lipinski definition) is 4. The van der Waals surface area contributed by atoms with E-state index in [0.717, 1.165) is 25.9 Å². The topological polar surface area (TPSA) is 75.8 Å². The zero-order valence-electron chi connectivity index (χ0n) is 8.32. The maximum atomic E-state index is 10.9. The first-order valence-corrected chi connectivity index (χ1v) is 4.98. The smallest absolute Gasteiger partial charge is 0.247 e. The van der Waals surface area contributed by atoms with Crippen molar-refractivity contribution in [1.82, 2.24) is 4.90 Å². The van der Waals surface area contributed by atoms with Crippen molar-refractivity contribution in [3.8, 4) is 0 Å². The van der Waals surface area contributed by atoms with Crippen LogP contribution in [-0.2, 0) is 9.53 Å². The van der Waals surface area contributed by atoms with Crippen molar-refractivity contribution in [2.45, 2.75) is 18.9 Å². The molecule has 0 spiro atoms. The molecule has 0 aliphatic carbocycles. The van der Waals surface area contributed by atoms with Gasteiger partial charge in [-0.1, -0.05) is 0 Å². The molecule has 5 nitrogen and oxygen atoms in total. The quantitative estimate of drug-likeness (QED) is 0.557. The number of carbonyl (C=O) groups is 1. The fraction of sp³-hybridized carbons (Fsp3) is 0.889. The van der Waals surface area contributed by atoms with Crippen LogP contribution in [0.5, 0.6) is 0 Å². The number of aliphatic hydroxyl groups excluding tert-OH is 1. The van der Waals surface area contributed by atoms with E-state index in [1.54, 1.807) is 0 Å². The third kappa shape index (κ3) is 3.61. The van der Waals surface area contributed by atoms with Gasteiger partial charge in [-0.25, -0.2) is 0 Å². The minimum atomic E-state index is -0.460. The lowest BCUT2D eigenvalue weighted by Gasteiger charge is -2.31. The van der Waals surface area contributed by atoms with Crippen LogP contribution < -0.4 is 5.73 Å². The fourth-order valence-corrected chi connectivity index (χ4v) is 1.52. The van der Waals surface area contributed by atoms with E-state index in [4.69, 9.17) is 15.6 Å². The molecule has 1 aliphatic rings. The number of amides is 1. The van der Waals surface area contributed by atoms with Crippen molar-refractivity contribution in [1.29, 1.82) is 0 Å². The van der Waals surface area contributed by atoms with Crippen LogP contribution in [0.1, 0.15) is 12.8 Å². The molecule has 0 radical (unpaired) electrons. The predicted molar refractivity (Wildman–Crippen MR) is 51.7 cm³/mol. The second kappa shape index (κ2) is 5.95. The van der Waals surface area contributed by atoms with Crippen LogP contribution in [-0.4, -0.2) is 54.9 Å². The number of aliphatic hydroxyl groups is 1. The first-order chi connectivity index (χ1) is 6.74. The molecule has 14 heavy (non-hydrogen) atoms. The number of morpholine rings is 1. The normalized spacial score (nSPS) is 23.6. The Bertz CT molecular complexity index is 187. The summed E-state index contributed by atoms with van der Waals surface area (Å²) in [5.41, 5.74) is 5.15. The number of nitrogens with two attached hydrogens (primary N) is 1. The second-order valence-corrected chi connectivity index (χ2v) is 3.49. The van der Waals surface area contributed by atoms with Gasteiger partial charge in [0.15, 0.2) is 0 Å². The Morgan fingerprint density at radius 3 is 3.00 bits per heavy atom. The lowest BCUT2D eigenvalue weighted by molar-refractivity contribution is -0.135. The lowest BCUT2D eigenvalue weighted by atomic mass is 10.2. The zero-order valence-corrected chi connectivity index (χ0v) is 8.32. The van der Waals surface area contributed by atoms with Crippen LogP contribution in [0.3, 0.4) is 0 Å². The maximum absolute atomic E-state index is 10.9. The summed E-state index contributed by atoms with van der Waals surface area (Å²) in [5.74, 6) is -0.392. The molecule has 1 amide bonds. The van der Waals surface area contributed by atoms with Crippen molar-refractivity contribution in [3.63, 3.8) is 0 Å². The summed E-state index contributed by atoms with van der Waals surface area (Å²) in [4.78, 5) is 13.0. The van der Waals surface area contributed by atoms with Crippen LogP contribution in [0.4, 0.5) is 0 Å². The molecular formula is C9H18N2O3. The van der Waals surface area contributed by atoms with E-state index in [9.17, 15) is 4.79 Å². The first kappa shape index (κ1) is 11.4. The number of primary amides is 1. The standard InChI is InChI=1S/C9H18N2O3/c10-9(13)8-7-11(4-6-14-8)3-1-2-5-12/h8,12H,1-7H2,(H2,10,13). The Labute approximate surface area is 83.8 Å². The highest BCUT2D eigenvalue weighted by atomic mass is 16.5. The Morgan fingerprint density at radius 1 is 1.57 bits per heavy atom. The summed E-state index contributed by atoms with van der Waals surface area (Å²) in [6.45, 7) is 3.11. The van der Waals surface area contributed by atoms with Gasteiger partial charge >= 0.3 is 0 Å². The number of nitrogens with zero attached hydrogens (tertiary/aromatic N) is 1. The molecule has 1 heterocycles. The number of rotatable bonds is 5. The van der Waals surface area contributed by atoms with Gasteiger partial charge in [-0.2, -0.15) is 0 Å². The third-order valence-electron chi connectivity index (χ3n) is 2.35. The Hall–Kier alpha value is -0.650. The largest absolute Gasteiger partial charge is 0.396 e. The molecule has 1 aliphatic heterocycles. The number of hydrogen-bond donors (Lipinski definition) is 2. The molecule has 0 aromatic heterocycles. The van der Waals surface area contributed by atoms with Gasteiger partial charge in [-0.3, -0.25) is 9.69 Å². The number of carbonyl (C=O) groups excluding carboxylic acids is 1. The van der Waals surface area contributed by atoms with E-state index in [0.29, 0.717) is 13.2 Å². The van der Waals surface area contributed by atoms with Crippen molar-refractivity contribution in [3.05, 3.63) is 0 Å². The monoisotopic (exact) mass is 202 g/mol. The van der Waals surface area contributed by atoms with Gasteiger partial charge in [0.2, 0.25) is 5.91 Å². The Kier molecular flexibility index (Phi) is 4.86. The van der Waals surface area contributed by atoms with E-state index in [1.807, 2.05) is 0 Å². The summed E-state index contributed by atoms with van der Waals surface area (Å²) in [6.07, 6.45) is 1.29. The van der Waals surface area contributed by atoms with Crippen LogP contribution in [0, 0.1) is 0 Å². The van der Waals surface area contributed by atoms with Crippen molar-refractivity contribution in [2.24, 2.45) is 5.73 Å². The second-order valence-electron chi connectivity index (χ2n) is 3.49. The van der Waals surface area contributed by atoms with Gasteiger partial charge in [0.25, 0.3) is 0 Å². The van der Waals surface area contributed by atoms with Crippen molar-refractivity contribution < 1.29 is 14.6 Å². The lowest BCUT2D eigenvalue weighted by Crippen LogP contribution is -2.48. The van der Waals surface area contributed by atoms with Gasteiger partial charge in [-0.15, -0.1) is 0 Å². The molecule has 3 N–H and O–H groups in total. The average molecular weight is 202 g/mol. The van der Waals surface area contributed by atoms with Gasteiger partial charge in [0, 0.05) is 19.7 Å². The minimum absolute atomic E-state index is 0.226. The summed E-state index contributed by atoms with van der Waals surface area (Å²) in [7, 11) is 0. The van der Waals surface area contributed by atoms with E-state index in [-0.39, 0.29) is 6.61 Å². The van der Waals surface area contributed by atoms with Gasteiger partial charge in [0.05, 0.1) is 6.61 Å². The molecule has 82 valence electrons. The van der Waals surface area contributed by atoms with Crippen molar-refractivity contribution >= 4 is 5.91 Å². The SMILES string of the molecule is NC(=O)C1CN(CCCCO)CCO1. The average Bonchev–Trinajstić information content (AvgIpc) is 2.19. The molecule has 5 heteroatoms. The van der Waals surface area contributed by atoms with E-state index < -0.39 is 12.0 Å². The van der Waals surface area contributed by atoms with E-state index in [2.05, 4.69) is 4.90 Å². The van der Waals surface area contributed by atoms with Crippen LogP contribution in [0.25, 0.3) is 0 Å². The Morgan fingerprint density at radius 2 is 2.36 bits per heavy atom. The van der Waals surface area contributed by atoms with Gasteiger partial charge in [0.1, 0.15) is 6.10 Å². The highest BCUT2D eigenvalue weighted by Crippen LogP contribution is 2.05. The highest BCUT2D eigenvalue weighted by molar-refractivity contribution is 5.79.